The van der Waals surface area contributed by atoms with Crippen molar-refractivity contribution >= 4 is 49.9 Å². The quantitative estimate of drug-likeness (QED) is 0.122. The molecule has 1 amide bonds. The van der Waals surface area contributed by atoms with Crippen LogP contribution in [0.5, 0.6) is 17.2 Å². The van der Waals surface area contributed by atoms with Gasteiger partial charge in [0, 0.05) is 67.7 Å². The van der Waals surface area contributed by atoms with E-state index in [0.29, 0.717) is 69.2 Å². The molecule has 2 N–H and O–H groups in total. The highest BCUT2D eigenvalue weighted by molar-refractivity contribution is 7.93. The lowest BCUT2D eigenvalue weighted by atomic mass is 9.90. The summed E-state index contributed by atoms with van der Waals surface area (Å²) in [6.07, 6.45) is 11.3. The molecular weight excluding hydrogens is 852 g/mol. The summed E-state index contributed by atoms with van der Waals surface area (Å²) in [6, 6.07) is 26.2. The number of carbonyl (C=O) groups is 1. The predicted octanol–water partition coefficient (Wildman–Crippen LogP) is 8.15. The van der Waals surface area contributed by atoms with Crippen LogP contribution in [0, 0.1) is 17.2 Å². The molecule has 5 heterocycles. The first kappa shape index (κ1) is 42.9. The number of fused-ring (bicyclic) bond motifs is 1. The molecule has 16 heteroatoms. The van der Waals surface area contributed by atoms with Gasteiger partial charge in [0.05, 0.1) is 28.1 Å². The number of pyridine rings is 1. The molecule has 6 aromatic rings. The molecule has 0 unspecified atom stereocenters. The Kier molecular flexibility index (Phi) is 12.3. The zero-order valence-corrected chi connectivity index (χ0v) is 37.1. The van der Waals surface area contributed by atoms with Crippen molar-refractivity contribution in [2.24, 2.45) is 13.0 Å². The first-order chi connectivity index (χ1) is 31.0. The number of aromatic nitrogens is 4. The summed E-state index contributed by atoms with van der Waals surface area (Å²) in [4.78, 5) is 31.2. The fourth-order valence-electron chi connectivity index (χ4n) is 9.11. The minimum Gasteiger partial charge on any atom is -0.490 e. The first-order valence-electron chi connectivity index (χ1n) is 21.9. The lowest BCUT2D eigenvalue weighted by Crippen LogP contribution is -2.40. The second kappa shape index (κ2) is 18.4. The molecule has 330 valence electrons. The van der Waals surface area contributed by atoms with Crippen molar-refractivity contribution < 1.29 is 22.7 Å². The number of piperidine rings is 1. The number of rotatable bonds is 12. The minimum absolute atomic E-state index is 0.0182. The monoisotopic (exact) mass is 900 g/mol. The van der Waals surface area contributed by atoms with Crippen molar-refractivity contribution in [1.82, 2.24) is 25.1 Å². The van der Waals surface area contributed by atoms with Crippen molar-refractivity contribution in [2.75, 3.05) is 34.6 Å². The van der Waals surface area contributed by atoms with Crippen molar-refractivity contribution in [3.8, 4) is 34.4 Å². The van der Waals surface area contributed by atoms with Gasteiger partial charge in [-0.3, -0.25) is 13.9 Å². The number of aryl methyl sites for hydroxylation is 2. The Morgan fingerprint density at radius 2 is 1.70 bits per heavy atom. The summed E-state index contributed by atoms with van der Waals surface area (Å²) in [5.74, 6) is 3.08. The Morgan fingerprint density at radius 3 is 2.41 bits per heavy atom. The normalized spacial score (nSPS) is 18.8. The van der Waals surface area contributed by atoms with E-state index in [4.69, 9.17) is 26.3 Å². The van der Waals surface area contributed by atoms with Crippen LogP contribution >= 0.6 is 11.6 Å². The molecule has 1 aliphatic carbocycles. The number of sulfonamides is 1. The average Bonchev–Trinajstić information content (AvgIpc) is 3.95. The fraction of sp³-hybridized carbons (Fsp3) is 0.354. The molecule has 3 aliphatic rings. The molecule has 64 heavy (non-hydrogen) atoms. The maximum Gasteiger partial charge on any atom is 0.274 e. The molecule has 14 nitrogen and oxygen atoms in total. The van der Waals surface area contributed by atoms with Gasteiger partial charge in [-0.2, -0.15) is 5.26 Å². The van der Waals surface area contributed by atoms with Gasteiger partial charge in [-0.1, -0.05) is 23.7 Å². The average molecular weight is 901 g/mol. The Balaban J connectivity index is 0.756. The summed E-state index contributed by atoms with van der Waals surface area (Å²) in [6.45, 7) is 2.15. The molecule has 3 aromatic heterocycles. The van der Waals surface area contributed by atoms with E-state index in [1.165, 1.54) is 14.4 Å². The molecular formula is C48H49ClN8O6S. The molecule has 9 rings (SSSR count). The zero-order chi connectivity index (χ0) is 44.4. The molecule has 3 fully saturated rings. The molecule has 0 spiro atoms. The second-order valence-electron chi connectivity index (χ2n) is 17.0. The molecule has 3 aromatic carbocycles. The lowest BCUT2D eigenvalue weighted by Gasteiger charge is -2.32. The highest BCUT2D eigenvalue weighted by Gasteiger charge is 2.30. The van der Waals surface area contributed by atoms with Gasteiger partial charge in [0.1, 0.15) is 28.8 Å². The van der Waals surface area contributed by atoms with E-state index in [1.807, 2.05) is 36.4 Å². The van der Waals surface area contributed by atoms with Crippen LogP contribution in [-0.2, 0) is 23.5 Å². The van der Waals surface area contributed by atoms with E-state index in [2.05, 4.69) is 43.6 Å². The van der Waals surface area contributed by atoms with Crippen LogP contribution in [-0.4, -0.2) is 71.6 Å². The highest BCUT2D eigenvalue weighted by atomic mass is 35.5. The maximum atomic E-state index is 13.1. The number of amides is 1. The third-order valence-electron chi connectivity index (χ3n) is 12.7. The highest BCUT2D eigenvalue weighted by Crippen LogP contribution is 2.40. The molecule has 2 aliphatic heterocycles. The number of anilines is 2. The topological polar surface area (TPSA) is 176 Å². The second-order valence-corrected chi connectivity index (χ2v) is 19.4. The van der Waals surface area contributed by atoms with E-state index in [-0.39, 0.29) is 29.4 Å². The lowest BCUT2D eigenvalue weighted by molar-refractivity contribution is 0.0888. The van der Waals surface area contributed by atoms with Crippen molar-refractivity contribution in [3.05, 3.63) is 123 Å². The Bertz CT molecular complexity index is 2880. The van der Waals surface area contributed by atoms with E-state index in [0.717, 1.165) is 81.2 Å². The molecule has 1 saturated carbocycles. The summed E-state index contributed by atoms with van der Waals surface area (Å²) >= 11 is 6.16. The summed E-state index contributed by atoms with van der Waals surface area (Å²) in [7, 11) is -1.71. The van der Waals surface area contributed by atoms with Gasteiger partial charge in [-0.15, -0.1) is 10.2 Å². The third-order valence-corrected chi connectivity index (χ3v) is 14.9. The number of nitriles is 1. The number of nitrogens with one attached hydrogen (secondary N) is 2. The number of aromatic amines is 1. The number of hydrogen-bond acceptors (Lipinski definition) is 10. The number of ether oxygens (including phenoxy) is 2. The van der Waals surface area contributed by atoms with E-state index >= 15 is 0 Å². The molecule has 0 atom stereocenters. The molecule has 2 saturated heterocycles. The SMILES string of the molecule is Cn1cc(-c2cc(N3CCCS3(=O)=O)ccc2Oc2ccc(CCC3CCN(c4ccc(C(=O)N[C@H]5CC[C@H](Oc6ccc(C#N)c(Cl)c6)CC5)nn4)CC3)cc2)c2cc[nH]c2c1=O. The summed E-state index contributed by atoms with van der Waals surface area (Å²) in [5, 5.41) is 22.0. The van der Waals surface area contributed by atoms with E-state index < -0.39 is 10.0 Å². The molecule has 0 bridgehead atoms. The Morgan fingerprint density at radius 1 is 0.922 bits per heavy atom. The van der Waals surface area contributed by atoms with Gasteiger partial charge in [-0.25, -0.2) is 8.42 Å². The standard InChI is InChI=1S/C48H49ClN8O6S/c1-55-30-41(39-19-22-51-46(39)48(55)59)40-27-35(57-23-2-26-64(57,60)61)10-17-44(40)63-37-11-5-31(6-12-37)3-4-32-20-24-56(25-21-32)45-18-16-43(53-54-45)47(58)52-34-8-14-36(15-9-34)62-38-13-7-33(29-50)42(49)28-38/h5-7,10-13,16-19,22,27-28,30,32,34,36,51H,2-4,8-9,14-15,20-21,23-26H2,1H3,(H,52,58)/t34-,36-. The van der Waals surface area contributed by atoms with Gasteiger partial charge >= 0.3 is 0 Å². The Labute approximate surface area is 376 Å². The van der Waals surface area contributed by atoms with Crippen LogP contribution in [0.4, 0.5) is 11.5 Å². The summed E-state index contributed by atoms with van der Waals surface area (Å²) in [5.41, 5.74) is 4.26. The van der Waals surface area contributed by atoms with Crippen LogP contribution in [0.1, 0.15) is 73.0 Å². The number of nitrogens with zero attached hydrogens (tertiary/aromatic N) is 6. The smallest absolute Gasteiger partial charge is 0.274 e. The van der Waals surface area contributed by atoms with Gasteiger partial charge in [0.2, 0.25) is 10.0 Å². The number of halogens is 1. The van der Waals surface area contributed by atoms with Crippen LogP contribution < -0.4 is 29.6 Å². The van der Waals surface area contributed by atoms with Crippen LogP contribution in [0.3, 0.4) is 0 Å². The largest absolute Gasteiger partial charge is 0.490 e. The predicted molar refractivity (Wildman–Crippen MR) is 247 cm³/mol. The molecule has 0 radical (unpaired) electrons. The van der Waals surface area contributed by atoms with Gasteiger partial charge in [0.25, 0.3) is 11.5 Å². The van der Waals surface area contributed by atoms with Crippen molar-refractivity contribution in [3.63, 3.8) is 0 Å². The van der Waals surface area contributed by atoms with Gasteiger partial charge < -0.3 is 29.2 Å². The zero-order valence-electron chi connectivity index (χ0n) is 35.5. The number of benzene rings is 3. The minimum atomic E-state index is -3.41. The fourth-order valence-corrected chi connectivity index (χ4v) is 10.9. The third kappa shape index (κ3) is 9.30. The number of H-pyrrole nitrogens is 1. The van der Waals surface area contributed by atoms with E-state index in [1.54, 1.807) is 49.8 Å². The number of carbonyl (C=O) groups excluding carboxylic acids is 1. The number of hydrogen-bond donors (Lipinski definition) is 2. The first-order valence-corrected chi connectivity index (χ1v) is 23.8. The van der Waals surface area contributed by atoms with Crippen LogP contribution in [0.15, 0.2) is 96.1 Å². The van der Waals surface area contributed by atoms with Gasteiger partial charge in [-0.05, 0) is 130 Å². The maximum absolute atomic E-state index is 13.1. The van der Waals surface area contributed by atoms with Crippen molar-refractivity contribution in [1.29, 1.82) is 5.26 Å². The van der Waals surface area contributed by atoms with Crippen LogP contribution in [0.25, 0.3) is 22.0 Å². The van der Waals surface area contributed by atoms with Crippen LogP contribution in [0.2, 0.25) is 5.02 Å². The van der Waals surface area contributed by atoms with E-state index in [9.17, 15) is 18.0 Å². The van der Waals surface area contributed by atoms with Crippen molar-refractivity contribution in [2.45, 2.75) is 69.9 Å². The summed E-state index contributed by atoms with van der Waals surface area (Å²) < 4.78 is 41.3. The Hall–Kier alpha value is -6.37. The van der Waals surface area contributed by atoms with Gasteiger partial charge in [0.15, 0.2) is 11.5 Å².